The highest BCUT2D eigenvalue weighted by atomic mass is 79.9. The second-order valence-corrected chi connectivity index (χ2v) is 5.25. The molecule has 0 amide bonds. The SMILES string of the molecule is Cc1ccc(Br)c(NC2CCCC2C#N)c1. The summed E-state index contributed by atoms with van der Waals surface area (Å²) < 4.78 is 1.07. The molecule has 3 heteroatoms. The molecule has 0 aromatic heterocycles. The summed E-state index contributed by atoms with van der Waals surface area (Å²) in [5.74, 6) is 0.160. The molecule has 0 aliphatic heterocycles. The Morgan fingerprint density at radius 3 is 3.00 bits per heavy atom. The van der Waals surface area contributed by atoms with Crippen molar-refractivity contribution in [3.05, 3.63) is 28.2 Å². The molecule has 2 nitrogen and oxygen atoms in total. The number of benzene rings is 1. The largest absolute Gasteiger partial charge is 0.380 e. The summed E-state index contributed by atoms with van der Waals surface area (Å²) >= 11 is 3.53. The van der Waals surface area contributed by atoms with E-state index in [0.717, 1.165) is 29.4 Å². The van der Waals surface area contributed by atoms with Gasteiger partial charge in [0.1, 0.15) is 0 Å². The minimum Gasteiger partial charge on any atom is -0.380 e. The van der Waals surface area contributed by atoms with Crippen LogP contribution < -0.4 is 5.32 Å². The number of rotatable bonds is 2. The molecule has 2 atom stereocenters. The average Bonchev–Trinajstić information content (AvgIpc) is 2.71. The van der Waals surface area contributed by atoms with Crippen LogP contribution in [-0.2, 0) is 0 Å². The van der Waals surface area contributed by atoms with E-state index in [2.05, 4.69) is 46.4 Å². The summed E-state index contributed by atoms with van der Waals surface area (Å²) in [6.45, 7) is 2.08. The van der Waals surface area contributed by atoms with Crippen molar-refractivity contribution in [2.75, 3.05) is 5.32 Å². The van der Waals surface area contributed by atoms with Gasteiger partial charge in [-0.25, -0.2) is 0 Å². The van der Waals surface area contributed by atoms with Crippen LogP contribution in [0, 0.1) is 24.2 Å². The fourth-order valence-electron chi connectivity index (χ4n) is 2.24. The molecule has 0 radical (unpaired) electrons. The van der Waals surface area contributed by atoms with Gasteiger partial charge < -0.3 is 5.32 Å². The molecule has 2 unspecified atom stereocenters. The lowest BCUT2D eigenvalue weighted by atomic mass is 10.1. The maximum atomic E-state index is 9.04. The van der Waals surface area contributed by atoms with Gasteiger partial charge in [0.25, 0.3) is 0 Å². The van der Waals surface area contributed by atoms with Crippen molar-refractivity contribution < 1.29 is 0 Å². The molecular weight excluding hydrogens is 264 g/mol. The van der Waals surface area contributed by atoms with Gasteiger partial charge in [-0.3, -0.25) is 0 Å². The van der Waals surface area contributed by atoms with E-state index < -0.39 is 0 Å². The summed E-state index contributed by atoms with van der Waals surface area (Å²) in [5, 5.41) is 12.5. The average molecular weight is 279 g/mol. The fourth-order valence-corrected chi connectivity index (χ4v) is 2.60. The number of halogens is 1. The Labute approximate surface area is 105 Å². The number of nitrogens with zero attached hydrogens (tertiary/aromatic N) is 1. The number of nitriles is 1. The summed E-state index contributed by atoms with van der Waals surface area (Å²) in [7, 11) is 0. The lowest BCUT2D eigenvalue weighted by Crippen LogP contribution is -2.23. The highest BCUT2D eigenvalue weighted by molar-refractivity contribution is 9.10. The molecule has 1 aromatic rings. The first-order chi connectivity index (χ1) is 7.70. The van der Waals surface area contributed by atoms with E-state index in [0.29, 0.717) is 6.04 Å². The second-order valence-electron chi connectivity index (χ2n) is 4.40. The third-order valence-corrected chi connectivity index (χ3v) is 3.84. The molecule has 0 heterocycles. The lowest BCUT2D eigenvalue weighted by molar-refractivity contribution is 0.629. The van der Waals surface area contributed by atoms with Crippen molar-refractivity contribution in [2.24, 2.45) is 5.92 Å². The van der Waals surface area contributed by atoms with Crippen molar-refractivity contribution in [2.45, 2.75) is 32.2 Å². The van der Waals surface area contributed by atoms with Gasteiger partial charge in [-0.2, -0.15) is 5.26 Å². The first-order valence-corrected chi connectivity index (χ1v) is 6.42. The predicted molar refractivity (Wildman–Crippen MR) is 69.2 cm³/mol. The molecule has 16 heavy (non-hydrogen) atoms. The van der Waals surface area contributed by atoms with Crippen molar-refractivity contribution in [1.29, 1.82) is 5.26 Å². The fraction of sp³-hybridized carbons (Fsp3) is 0.462. The molecule has 2 rings (SSSR count). The van der Waals surface area contributed by atoms with E-state index in [9.17, 15) is 0 Å². The van der Waals surface area contributed by atoms with E-state index in [1.54, 1.807) is 0 Å². The number of nitrogens with one attached hydrogen (secondary N) is 1. The molecule has 0 spiro atoms. The number of aryl methyl sites for hydroxylation is 1. The third kappa shape index (κ3) is 2.38. The van der Waals surface area contributed by atoms with Crippen LogP contribution in [-0.4, -0.2) is 6.04 Å². The Balaban J connectivity index is 2.14. The Hall–Kier alpha value is -1.01. The molecule has 1 N–H and O–H groups in total. The monoisotopic (exact) mass is 278 g/mol. The minimum absolute atomic E-state index is 0.160. The van der Waals surface area contributed by atoms with Crippen LogP contribution in [0.4, 0.5) is 5.69 Å². The van der Waals surface area contributed by atoms with E-state index in [4.69, 9.17) is 5.26 Å². The Kier molecular flexibility index (Phi) is 3.50. The van der Waals surface area contributed by atoms with Crippen molar-refractivity contribution >= 4 is 21.6 Å². The normalized spacial score (nSPS) is 24.1. The molecule has 1 aliphatic rings. The Morgan fingerprint density at radius 2 is 2.25 bits per heavy atom. The Bertz CT molecular complexity index is 422. The molecule has 84 valence electrons. The van der Waals surface area contributed by atoms with Gasteiger partial charge in [-0.15, -0.1) is 0 Å². The van der Waals surface area contributed by atoms with Crippen molar-refractivity contribution in [3.63, 3.8) is 0 Å². The van der Waals surface area contributed by atoms with Crippen molar-refractivity contribution in [1.82, 2.24) is 0 Å². The maximum absolute atomic E-state index is 9.04. The zero-order chi connectivity index (χ0) is 11.5. The second kappa shape index (κ2) is 4.88. The molecule has 1 aromatic carbocycles. The van der Waals surface area contributed by atoms with Crippen LogP contribution in [0.5, 0.6) is 0 Å². The van der Waals surface area contributed by atoms with Crippen LogP contribution in [0.2, 0.25) is 0 Å². The number of hydrogen-bond acceptors (Lipinski definition) is 2. The molecular formula is C13H15BrN2. The molecule has 1 saturated carbocycles. The van der Waals surface area contributed by atoms with Gasteiger partial charge in [-0.1, -0.05) is 6.07 Å². The van der Waals surface area contributed by atoms with E-state index in [-0.39, 0.29) is 5.92 Å². The van der Waals surface area contributed by atoms with Crippen LogP contribution >= 0.6 is 15.9 Å². The van der Waals surface area contributed by atoms with Crippen LogP contribution in [0.3, 0.4) is 0 Å². The van der Waals surface area contributed by atoms with Gasteiger partial charge in [0.15, 0.2) is 0 Å². The first kappa shape index (κ1) is 11.5. The van der Waals surface area contributed by atoms with Crippen molar-refractivity contribution in [3.8, 4) is 6.07 Å². The van der Waals surface area contributed by atoms with Gasteiger partial charge in [-0.05, 0) is 59.8 Å². The summed E-state index contributed by atoms with van der Waals surface area (Å²) in [6, 6.07) is 8.95. The Morgan fingerprint density at radius 1 is 1.44 bits per heavy atom. The van der Waals surface area contributed by atoms with Gasteiger partial charge in [0.2, 0.25) is 0 Å². The standard InChI is InChI=1S/C13H15BrN2/c1-9-5-6-11(14)13(7-9)16-12-4-2-3-10(12)8-15/h5-7,10,12,16H,2-4H2,1H3. The predicted octanol–water partition coefficient (Wildman–Crippen LogP) is 3.86. The van der Waals surface area contributed by atoms with E-state index in [1.807, 2.05) is 6.07 Å². The smallest absolute Gasteiger partial charge is 0.0677 e. The highest BCUT2D eigenvalue weighted by Crippen LogP contribution is 2.31. The lowest BCUT2D eigenvalue weighted by Gasteiger charge is -2.18. The summed E-state index contributed by atoms with van der Waals surface area (Å²) in [4.78, 5) is 0. The summed E-state index contributed by atoms with van der Waals surface area (Å²) in [6.07, 6.45) is 3.27. The summed E-state index contributed by atoms with van der Waals surface area (Å²) in [5.41, 5.74) is 2.34. The third-order valence-electron chi connectivity index (χ3n) is 3.14. The topological polar surface area (TPSA) is 35.8 Å². The molecule has 0 saturated heterocycles. The first-order valence-electron chi connectivity index (χ1n) is 5.63. The van der Waals surface area contributed by atoms with E-state index in [1.165, 1.54) is 5.56 Å². The molecule has 1 aliphatic carbocycles. The quantitative estimate of drug-likeness (QED) is 0.892. The maximum Gasteiger partial charge on any atom is 0.0677 e. The van der Waals surface area contributed by atoms with E-state index >= 15 is 0 Å². The van der Waals surface area contributed by atoms with Crippen LogP contribution in [0.25, 0.3) is 0 Å². The molecule has 0 bridgehead atoms. The highest BCUT2D eigenvalue weighted by Gasteiger charge is 2.27. The van der Waals surface area contributed by atoms with Crippen LogP contribution in [0.1, 0.15) is 24.8 Å². The zero-order valence-corrected chi connectivity index (χ0v) is 10.9. The number of hydrogen-bond donors (Lipinski definition) is 1. The minimum atomic E-state index is 0.160. The zero-order valence-electron chi connectivity index (χ0n) is 9.33. The number of anilines is 1. The molecule has 1 fully saturated rings. The van der Waals surface area contributed by atoms with Gasteiger partial charge in [0, 0.05) is 16.2 Å². The van der Waals surface area contributed by atoms with Gasteiger partial charge in [0.05, 0.1) is 12.0 Å². The van der Waals surface area contributed by atoms with Gasteiger partial charge >= 0.3 is 0 Å². The van der Waals surface area contributed by atoms with Crippen LogP contribution in [0.15, 0.2) is 22.7 Å².